The maximum absolute atomic E-state index is 13.7. The highest BCUT2D eigenvalue weighted by Crippen LogP contribution is 2.13. The first-order chi connectivity index (χ1) is 16.7. The summed E-state index contributed by atoms with van der Waals surface area (Å²) in [5.74, 6) is -2.72. The summed E-state index contributed by atoms with van der Waals surface area (Å²) in [7, 11) is 0. The van der Waals surface area contributed by atoms with Gasteiger partial charge in [0.2, 0.25) is 5.91 Å². The molecule has 0 aliphatic rings. The van der Waals surface area contributed by atoms with Gasteiger partial charge in [0.05, 0.1) is 12.1 Å². The van der Waals surface area contributed by atoms with Gasteiger partial charge in [-0.2, -0.15) is 0 Å². The first kappa shape index (κ1) is 26.0. The molecule has 0 radical (unpaired) electrons. The van der Waals surface area contributed by atoms with Gasteiger partial charge in [-0.1, -0.05) is 37.3 Å². The second-order valence-electron chi connectivity index (χ2n) is 8.38. The minimum absolute atomic E-state index is 0.00982. The Morgan fingerprint density at radius 2 is 1.57 bits per heavy atom. The first-order valence-electron chi connectivity index (χ1n) is 11.4. The minimum atomic E-state index is -1.07. The number of benzene rings is 3. The van der Waals surface area contributed by atoms with Crippen LogP contribution in [0.15, 0.2) is 66.7 Å². The predicted octanol–water partition coefficient (Wildman–Crippen LogP) is 3.12. The van der Waals surface area contributed by atoms with Crippen LogP contribution >= 0.6 is 0 Å². The van der Waals surface area contributed by atoms with Gasteiger partial charge in [0.25, 0.3) is 5.91 Å². The van der Waals surface area contributed by atoms with E-state index in [0.29, 0.717) is 6.54 Å². The maximum atomic E-state index is 13.7. The molecule has 0 unspecified atom stereocenters. The lowest BCUT2D eigenvalue weighted by Crippen LogP contribution is -2.48. The summed E-state index contributed by atoms with van der Waals surface area (Å²) in [4.78, 5) is 24.3. The number of aliphatic hydroxyl groups excluding tert-OH is 1. The van der Waals surface area contributed by atoms with Crippen LogP contribution in [-0.2, 0) is 19.4 Å². The molecule has 0 aromatic heterocycles. The van der Waals surface area contributed by atoms with Gasteiger partial charge < -0.3 is 21.5 Å². The third-order valence-corrected chi connectivity index (χ3v) is 5.65. The molecule has 0 heterocycles. The SMILES string of the molecule is CCc1cccc(CNC[C@@H](O)[C@H](Cc2cc(F)cc(F)c2)NC(=O)c2cccc(C(N)=O)c2)c1. The van der Waals surface area contributed by atoms with E-state index in [4.69, 9.17) is 5.73 Å². The van der Waals surface area contributed by atoms with E-state index >= 15 is 0 Å². The summed E-state index contributed by atoms with van der Waals surface area (Å²) in [5, 5.41) is 16.8. The monoisotopic (exact) mass is 481 g/mol. The number of nitrogens with two attached hydrogens (primary N) is 1. The topological polar surface area (TPSA) is 104 Å². The molecule has 0 saturated carbocycles. The second-order valence-corrected chi connectivity index (χ2v) is 8.38. The van der Waals surface area contributed by atoms with Gasteiger partial charge in [-0.25, -0.2) is 8.78 Å². The molecule has 0 aliphatic carbocycles. The number of halogens is 2. The molecule has 0 aliphatic heterocycles. The number of amides is 2. The number of hydrogen-bond donors (Lipinski definition) is 4. The summed E-state index contributed by atoms with van der Waals surface area (Å²) in [6, 6.07) is 16.1. The smallest absolute Gasteiger partial charge is 0.251 e. The van der Waals surface area contributed by atoms with E-state index < -0.39 is 35.6 Å². The highest BCUT2D eigenvalue weighted by molar-refractivity contribution is 5.99. The van der Waals surface area contributed by atoms with Crippen molar-refractivity contribution in [3.8, 4) is 0 Å². The van der Waals surface area contributed by atoms with Crippen LogP contribution in [-0.4, -0.2) is 35.6 Å². The number of rotatable bonds is 11. The standard InChI is InChI=1S/C27H29F2N3O3/c1-2-17-5-3-6-18(9-17)15-31-16-25(33)24(12-19-10-22(28)14-23(29)11-19)32-27(35)21-8-4-7-20(13-21)26(30)34/h3-11,13-14,24-25,31,33H,2,12,15-16H2,1H3,(H2,30,34)(H,32,35)/t24-,25+/m0/s1. The molecular formula is C27H29F2N3O3. The molecule has 35 heavy (non-hydrogen) atoms. The Labute approximate surface area is 203 Å². The van der Waals surface area contributed by atoms with E-state index in [1.54, 1.807) is 0 Å². The van der Waals surface area contributed by atoms with Crippen molar-refractivity contribution in [3.05, 3.63) is 106 Å². The first-order valence-corrected chi connectivity index (χ1v) is 11.4. The number of aliphatic hydroxyl groups is 1. The summed E-state index contributed by atoms with van der Waals surface area (Å²) >= 11 is 0. The Kier molecular flexibility index (Phi) is 9.05. The number of primary amides is 1. The summed E-state index contributed by atoms with van der Waals surface area (Å²) in [6.07, 6.45) is -0.172. The molecular weight excluding hydrogens is 452 g/mol. The van der Waals surface area contributed by atoms with Gasteiger partial charge in [-0.05, 0) is 59.9 Å². The quantitative estimate of drug-likeness (QED) is 0.338. The average molecular weight is 482 g/mol. The fourth-order valence-corrected chi connectivity index (χ4v) is 3.80. The van der Waals surface area contributed by atoms with Crippen LogP contribution in [0.25, 0.3) is 0 Å². The number of carbonyl (C=O) groups is 2. The number of nitrogens with one attached hydrogen (secondary N) is 2. The molecule has 0 fully saturated rings. The van der Waals surface area contributed by atoms with Crippen LogP contribution in [0.2, 0.25) is 0 Å². The molecule has 0 spiro atoms. The van der Waals surface area contributed by atoms with E-state index in [9.17, 15) is 23.5 Å². The van der Waals surface area contributed by atoms with Crippen LogP contribution in [0.5, 0.6) is 0 Å². The van der Waals surface area contributed by atoms with E-state index in [0.717, 1.165) is 30.2 Å². The molecule has 2 atom stereocenters. The molecule has 8 heteroatoms. The lowest BCUT2D eigenvalue weighted by Gasteiger charge is -2.25. The van der Waals surface area contributed by atoms with Crippen molar-refractivity contribution in [2.24, 2.45) is 5.73 Å². The summed E-state index contributed by atoms with van der Waals surface area (Å²) in [6.45, 7) is 2.69. The van der Waals surface area contributed by atoms with Crippen LogP contribution < -0.4 is 16.4 Å². The zero-order chi connectivity index (χ0) is 25.4. The minimum Gasteiger partial charge on any atom is -0.390 e. The van der Waals surface area contributed by atoms with Gasteiger partial charge in [0, 0.05) is 30.3 Å². The van der Waals surface area contributed by atoms with Crippen molar-refractivity contribution >= 4 is 11.8 Å². The third kappa shape index (κ3) is 7.70. The third-order valence-electron chi connectivity index (χ3n) is 5.65. The van der Waals surface area contributed by atoms with Crippen LogP contribution in [0.1, 0.15) is 44.3 Å². The number of carbonyl (C=O) groups excluding carboxylic acids is 2. The molecule has 184 valence electrons. The van der Waals surface area contributed by atoms with E-state index in [1.165, 1.54) is 29.8 Å². The Bertz CT molecular complexity index is 1170. The molecule has 6 nitrogen and oxygen atoms in total. The zero-order valence-electron chi connectivity index (χ0n) is 19.4. The lowest BCUT2D eigenvalue weighted by molar-refractivity contribution is 0.0830. The molecule has 2 amide bonds. The van der Waals surface area contributed by atoms with Crippen molar-refractivity contribution in [2.75, 3.05) is 6.54 Å². The van der Waals surface area contributed by atoms with Gasteiger partial charge in [-0.3, -0.25) is 9.59 Å². The van der Waals surface area contributed by atoms with Gasteiger partial charge in [0.1, 0.15) is 11.6 Å². The zero-order valence-corrected chi connectivity index (χ0v) is 19.4. The number of aryl methyl sites for hydroxylation is 1. The Hall–Kier alpha value is -3.62. The Morgan fingerprint density at radius 1 is 0.914 bits per heavy atom. The number of hydrogen-bond acceptors (Lipinski definition) is 4. The maximum Gasteiger partial charge on any atom is 0.251 e. The van der Waals surface area contributed by atoms with Crippen LogP contribution in [0.3, 0.4) is 0 Å². The molecule has 3 rings (SSSR count). The van der Waals surface area contributed by atoms with Crippen molar-refractivity contribution in [2.45, 2.75) is 38.5 Å². The normalized spacial score (nSPS) is 12.7. The predicted molar refractivity (Wildman–Crippen MR) is 130 cm³/mol. The lowest BCUT2D eigenvalue weighted by atomic mass is 9.99. The fourth-order valence-electron chi connectivity index (χ4n) is 3.80. The van der Waals surface area contributed by atoms with Crippen LogP contribution in [0.4, 0.5) is 8.78 Å². The Balaban J connectivity index is 1.74. The van der Waals surface area contributed by atoms with Crippen molar-refractivity contribution in [3.63, 3.8) is 0 Å². The average Bonchev–Trinajstić information content (AvgIpc) is 2.83. The fraction of sp³-hybridized carbons (Fsp3) is 0.259. The van der Waals surface area contributed by atoms with E-state index in [1.807, 2.05) is 18.2 Å². The molecule has 3 aromatic carbocycles. The second kappa shape index (κ2) is 12.2. The Morgan fingerprint density at radius 3 is 2.26 bits per heavy atom. The van der Waals surface area contributed by atoms with E-state index in [2.05, 4.69) is 23.6 Å². The molecule has 0 bridgehead atoms. The van der Waals surface area contributed by atoms with Crippen molar-refractivity contribution in [1.82, 2.24) is 10.6 Å². The largest absolute Gasteiger partial charge is 0.390 e. The van der Waals surface area contributed by atoms with Gasteiger partial charge >= 0.3 is 0 Å². The van der Waals surface area contributed by atoms with Gasteiger partial charge in [0.15, 0.2) is 0 Å². The van der Waals surface area contributed by atoms with Crippen molar-refractivity contribution in [1.29, 1.82) is 0 Å². The van der Waals surface area contributed by atoms with Gasteiger partial charge in [-0.15, -0.1) is 0 Å². The van der Waals surface area contributed by atoms with E-state index in [-0.39, 0.29) is 29.7 Å². The summed E-state index contributed by atoms with van der Waals surface area (Å²) in [5.41, 5.74) is 8.16. The highest BCUT2D eigenvalue weighted by Gasteiger charge is 2.23. The van der Waals surface area contributed by atoms with Crippen LogP contribution in [0, 0.1) is 11.6 Å². The highest BCUT2D eigenvalue weighted by atomic mass is 19.1. The summed E-state index contributed by atoms with van der Waals surface area (Å²) < 4.78 is 27.5. The molecule has 3 aromatic rings. The molecule has 0 saturated heterocycles. The van der Waals surface area contributed by atoms with Crippen molar-refractivity contribution < 1.29 is 23.5 Å². The molecule has 5 N–H and O–H groups in total.